The Morgan fingerprint density at radius 3 is 2.77 bits per heavy atom. The first-order chi connectivity index (χ1) is 20.6. The van der Waals surface area contributed by atoms with Crippen molar-refractivity contribution in [3.63, 3.8) is 0 Å². The summed E-state index contributed by atoms with van der Waals surface area (Å²) in [5.41, 5.74) is 0.273. The number of fused-ring (bicyclic) bond motifs is 4. The van der Waals surface area contributed by atoms with Gasteiger partial charge in [0.05, 0.1) is 17.5 Å². The molecule has 4 aliphatic rings. The third-order valence-electron chi connectivity index (χ3n) is 8.77. The second-order valence-corrected chi connectivity index (χ2v) is 11.6. The van der Waals surface area contributed by atoms with E-state index in [9.17, 15) is 22.8 Å². The molecule has 1 saturated carbocycles. The van der Waals surface area contributed by atoms with Gasteiger partial charge in [0.15, 0.2) is 0 Å². The Morgan fingerprint density at radius 1 is 1.16 bits per heavy atom. The number of piperazine rings is 1. The number of benzene rings is 2. The summed E-state index contributed by atoms with van der Waals surface area (Å²) < 4.78 is 54.4. The summed E-state index contributed by atoms with van der Waals surface area (Å²) >= 11 is 0. The lowest BCUT2D eigenvalue weighted by atomic mass is 10.0. The van der Waals surface area contributed by atoms with E-state index in [-0.39, 0.29) is 29.5 Å². The van der Waals surface area contributed by atoms with Crippen molar-refractivity contribution in [1.29, 1.82) is 0 Å². The Kier molecular flexibility index (Phi) is 6.58. The molecule has 12 heteroatoms. The van der Waals surface area contributed by atoms with Gasteiger partial charge in [-0.05, 0) is 55.3 Å². The predicted octanol–water partition coefficient (Wildman–Crippen LogP) is 4.23. The zero-order valence-corrected chi connectivity index (χ0v) is 23.4. The maximum Gasteiger partial charge on any atom is 0.416 e. The average Bonchev–Trinajstić information content (AvgIpc) is 3.40. The van der Waals surface area contributed by atoms with Crippen LogP contribution in [0.4, 0.5) is 19.0 Å². The number of ether oxygens (including phenoxy) is 2. The average molecular weight is 594 g/mol. The van der Waals surface area contributed by atoms with Crippen molar-refractivity contribution >= 4 is 17.6 Å². The molecule has 1 saturated heterocycles. The first-order valence-corrected chi connectivity index (χ1v) is 14.3. The zero-order valence-electron chi connectivity index (χ0n) is 23.4. The fourth-order valence-corrected chi connectivity index (χ4v) is 6.43. The highest BCUT2D eigenvalue weighted by Gasteiger charge is 2.70. The first-order valence-electron chi connectivity index (χ1n) is 14.3. The van der Waals surface area contributed by atoms with E-state index in [1.54, 1.807) is 18.3 Å². The van der Waals surface area contributed by atoms with E-state index in [2.05, 4.69) is 20.9 Å². The Bertz CT molecular complexity index is 1620. The summed E-state index contributed by atoms with van der Waals surface area (Å²) in [5, 5.41) is 8.86. The number of halogens is 3. The van der Waals surface area contributed by atoms with Gasteiger partial charge in [0.2, 0.25) is 5.91 Å². The van der Waals surface area contributed by atoms with Crippen molar-refractivity contribution in [1.82, 2.24) is 20.5 Å². The SMILES string of the molecule is CC12Oc3ccc(Oc4ccnc5c4CCC(=O)N5)cc3[C@H]1[C@@H]2NC(=O)c1ccc(CN2CCNCC2)c(C(F)(F)F)c1. The van der Waals surface area contributed by atoms with Crippen LogP contribution in [0, 0.1) is 0 Å². The van der Waals surface area contributed by atoms with Crippen molar-refractivity contribution in [2.45, 2.75) is 50.0 Å². The van der Waals surface area contributed by atoms with E-state index >= 15 is 0 Å². The molecule has 224 valence electrons. The van der Waals surface area contributed by atoms with Crippen molar-refractivity contribution in [3.05, 3.63) is 76.5 Å². The number of rotatable bonds is 6. The second-order valence-electron chi connectivity index (χ2n) is 11.6. The fourth-order valence-electron chi connectivity index (χ4n) is 6.43. The summed E-state index contributed by atoms with van der Waals surface area (Å²) in [4.78, 5) is 31.2. The molecule has 2 fully saturated rings. The van der Waals surface area contributed by atoms with Gasteiger partial charge < -0.3 is 25.4 Å². The minimum absolute atomic E-state index is 0.0446. The fraction of sp³-hybridized carbons (Fsp3) is 0.387. The van der Waals surface area contributed by atoms with E-state index in [0.29, 0.717) is 49.0 Å². The molecule has 0 spiro atoms. The Morgan fingerprint density at radius 2 is 1.98 bits per heavy atom. The third kappa shape index (κ3) is 5.08. The molecule has 1 unspecified atom stereocenters. The zero-order chi connectivity index (χ0) is 29.9. The lowest BCUT2D eigenvalue weighted by Crippen LogP contribution is -2.43. The maximum atomic E-state index is 14.0. The van der Waals surface area contributed by atoms with Crippen LogP contribution in [0.3, 0.4) is 0 Å². The van der Waals surface area contributed by atoms with Crippen molar-refractivity contribution in [2.75, 3.05) is 31.5 Å². The van der Waals surface area contributed by atoms with Crippen molar-refractivity contribution < 1.29 is 32.2 Å². The normalized spacial score (nSPS) is 24.2. The molecule has 7 rings (SSSR count). The number of alkyl halides is 3. The topological polar surface area (TPSA) is 105 Å². The van der Waals surface area contributed by atoms with Gasteiger partial charge in [-0.2, -0.15) is 13.2 Å². The summed E-state index contributed by atoms with van der Waals surface area (Å²) in [7, 11) is 0. The van der Waals surface area contributed by atoms with Crippen LogP contribution >= 0.6 is 0 Å². The number of anilines is 1. The van der Waals surface area contributed by atoms with Crippen LogP contribution in [0.15, 0.2) is 48.7 Å². The molecule has 43 heavy (non-hydrogen) atoms. The molecular formula is C31H30F3N5O4. The summed E-state index contributed by atoms with van der Waals surface area (Å²) in [5.74, 6) is 1.45. The standard InChI is InChI=1S/C31H30F3N5O4/c1-30-26(21-15-19(4-6-24(21)43-30)42-23-8-9-36-28-20(23)5-7-25(40)37-28)27(30)38-29(41)17-2-3-18(22(14-17)31(32,33)34)16-39-12-10-35-11-13-39/h2-4,6,8-9,14-15,26-27,35H,5,7,10-13,16H2,1H3,(H,38,41)(H,36,37,40)/t26-,27-,30?/m0/s1. The van der Waals surface area contributed by atoms with Crippen molar-refractivity contribution in [2.24, 2.45) is 0 Å². The maximum absolute atomic E-state index is 14.0. The Balaban J connectivity index is 1.07. The highest BCUT2D eigenvalue weighted by molar-refractivity contribution is 5.95. The van der Waals surface area contributed by atoms with Gasteiger partial charge in [-0.1, -0.05) is 6.07 Å². The Hall–Kier alpha value is -4.16. The van der Waals surface area contributed by atoms with E-state index in [4.69, 9.17) is 9.47 Å². The molecule has 3 aliphatic heterocycles. The van der Waals surface area contributed by atoms with Crippen LogP contribution < -0.4 is 25.4 Å². The third-order valence-corrected chi connectivity index (χ3v) is 8.77. The summed E-state index contributed by atoms with van der Waals surface area (Å²) in [6, 6.07) is 10.6. The first kappa shape index (κ1) is 27.7. The van der Waals surface area contributed by atoms with Gasteiger partial charge in [0.1, 0.15) is 28.7 Å². The van der Waals surface area contributed by atoms with Crippen LogP contribution in [0.1, 0.15) is 51.9 Å². The number of aromatic nitrogens is 1. The number of pyridine rings is 1. The molecule has 9 nitrogen and oxygen atoms in total. The van der Waals surface area contributed by atoms with E-state index in [1.807, 2.05) is 24.0 Å². The minimum Gasteiger partial charge on any atom is -0.484 e. The van der Waals surface area contributed by atoms with Crippen LogP contribution in [-0.2, 0) is 23.9 Å². The molecule has 2 aromatic carbocycles. The molecule has 3 N–H and O–H groups in total. The number of carbonyl (C=O) groups excluding carboxylic acids is 2. The molecule has 4 heterocycles. The van der Waals surface area contributed by atoms with Gasteiger partial charge in [-0.25, -0.2) is 4.98 Å². The molecule has 1 aliphatic carbocycles. The predicted molar refractivity (Wildman–Crippen MR) is 150 cm³/mol. The quantitative estimate of drug-likeness (QED) is 0.393. The highest BCUT2D eigenvalue weighted by Crippen LogP contribution is 2.62. The van der Waals surface area contributed by atoms with Crippen LogP contribution in [0.2, 0.25) is 0 Å². The van der Waals surface area contributed by atoms with E-state index in [1.165, 1.54) is 12.1 Å². The molecule has 1 aromatic heterocycles. The Labute approximate surface area is 245 Å². The molecule has 0 radical (unpaired) electrons. The number of hydrogen-bond donors (Lipinski definition) is 3. The molecule has 3 aromatic rings. The second kappa shape index (κ2) is 10.2. The molecule has 2 amide bonds. The lowest BCUT2D eigenvalue weighted by molar-refractivity contribution is -0.138. The summed E-state index contributed by atoms with van der Waals surface area (Å²) in [6.45, 7) is 4.84. The number of nitrogens with zero attached hydrogens (tertiary/aromatic N) is 2. The van der Waals surface area contributed by atoms with Crippen LogP contribution in [0.25, 0.3) is 0 Å². The molecule has 0 bridgehead atoms. The smallest absolute Gasteiger partial charge is 0.416 e. The van der Waals surface area contributed by atoms with Gasteiger partial charge in [-0.15, -0.1) is 0 Å². The van der Waals surface area contributed by atoms with Gasteiger partial charge in [0.25, 0.3) is 5.91 Å². The van der Waals surface area contributed by atoms with Gasteiger partial charge >= 0.3 is 6.18 Å². The van der Waals surface area contributed by atoms with E-state index < -0.39 is 29.3 Å². The van der Waals surface area contributed by atoms with Gasteiger partial charge in [-0.3, -0.25) is 14.5 Å². The minimum atomic E-state index is -4.58. The van der Waals surface area contributed by atoms with Gasteiger partial charge in [0, 0.05) is 62.0 Å². The number of carbonyl (C=O) groups is 2. The summed E-state index contributed by atoms with van der Waals surface area (Å²) in [6.07, 6.45) is -2.15. The molecule has 3 atom stereocenters. The number of hydrogen-bond acceptors (Lipinski definition) is 7. The number of nitrogens with one attached hydrogen (secondary N) is 3. The van der Waals surface area contributed by atoms with E-state index in [0.717, 1.165) is 30.3 Å². The molecular weight excluding hydrogens is 563 g/mol. The monoisotopic (exact) mass is 593 g/mol. The van der Waals surface area contributed by atoms with Crippen LogP contribution in [-0.4, -0.2) is 59.5 Å². The van der Waals surface area contributed by atoms with Crippen molar-refractivity contribution in [3.8, 4) is 17.2 Å². The number of amides is 2. The highest BCUT2D eigenvalue weighted by atomic mass is 19.4. The largest absolute Gasteiger partial charge is 0.484 e. The van der Waals surface area contributed by atoms with Crippen LogP contribution in [0.5, 0.6) is 17.2 Å². The lowest BCUT2D eigenvalue weighted by Gasteiger charge is -2.28.